The molecule has 0 saturated carbocycles. The van der Waals surface area contributed by atoms with Crippen molar-refractivity contribution in [3.8, 4) is 5.75 Å². The summed E-state index contributed by atoms with van der Waals surface area (Å²) >= 11 is 0. The molecule has 1 heterocycles. The molecule has 0 bridgehead atoms. The predicted octanol–water partition coefficient (Wildman–Crippen LogP) is 3.62. The van der Waals surface area contributed by atoms with Crippen molar-refractivity contribution in [2.75, 3.05) is 44.5 Å². The number of carbonyl (C=O) groups excluding carboxylic acids is 2. The van der Waals surface area contributed by atoms with E-state index in [1.807, 2.05) is 14.1 Å². The second-order valence-electron chi connectivity index (χ2n) is 8.86. The number of anilines is 2. The maximum Gasteiger partial charge on any atom is 0.313 e. The molecule has 182 valence electrons. The number of benzene rings is 3. The summed E-state index contributed by atoms with van der Waals surface area (Å²) in [4.78, 5) is 29.7. The van der Waals surface area contributed by atoms with Crippen molar-refractivity contribution in [1.82, 2.24) is 10.2 Å². The summed E-state index contributed by atoms with van der Waals surface area (Å²) in [5, 5.41) is 5.50. The van der Waals surface area contributed by atoms with Crippen molar-refractivity contribution < 1.29 is 14.3 Å². The van der Waals surface area contributed by atoms with Gasteiger partial charge in [-0.15, -0.1) is 0 Å². The van der Waals surface area contributed by atoms with Crippen molar-refractivity contribution in [1.29, 1.82) is 0 Å². The zero-order valence-corrected chi connectivity index (χ0v) is 20.5. The van der Waals surface area contributed by atoms with Crippen LogP contribution < -0.4 is 20.3 Å². The van der Waals surface area contributed by atoms with E-state index in [-0.39, 0.29) is 6.04 Å². The molecule has 2 N–H and O–H groups in total. The summed E-state index contributed by atoms with van der Waals surface area (Å²) in [7, 11) is 5.54. The summed E-state index contributed by atoms with van der Waals surface area (Å²) in [6, 6.07) is 23.8. The normalized spacial score (nSPS) is 13.9. The quantitative estimate of drug-likeness (QED) is 0.514. The lowest BCUT2D eigenvalue weighted by molar-refractivity contribution is -0.136. The van der Waals surface area contributed by atoms with Crippen LogP contribution in [0.1, 0.15) is 22.7 Å². The molecule has 1 aliphatic heterocycles. The van der Waals surface area contributed by atoms with Gasteiger partial charge in [-0.2, -0.15) is 0 Å². The van der Waals surface area contributed by atoms with Crippen LogP contribution in [0.4, 0.5) is 11.4 Å². The molecule has 1 atom stereocenters. The lowest BCUT2D eigenvalue weighted by atomic mass is 9.96. The number of hydrogen-bond donors (Lipinski definition) is 2. The second kappa shape index (κ2) is 11.1. The van der Waals surface area contributed by atoms with E-state index in [2.05, 4.69) is 69.0 Å². The highest BCUT2D eigenvalue weighted by molar-refractivity contribution is 6.39. The minimum atomic E-state index is -0.722. The number of methoxy groups -OCH3 is 1. The Labute approximate surface area is 206 Å². The van der Waals surface area contributed by atoms with Crippen molar-refractivity contribution in [3.05, 3.63) is 89.5 Å². The molecule has 2 amide bonds. The number of amides is 2. The fourth-order valence-electron chi connectivity index (χ4n) is 4.43. The van der Waals surface area contributed by atoms with Crippen molar-refractivity contribution in [2.24, 2.45) is 0 Å². The molecule has 0 fully saturated rings. The first-order valence-electron chi connectivity index (χ1n) is 11.8. The van der Waals surface area contributed by atoms with Crippen LogP contribution in [0.2, 0.25) is 0 Å². The first kappa shape index (κ1) is 24.3. The van der Waals surface area contributed by atoms with Gasteiger partial charge in [-0.05, 0) is 47.4 Å². The van der Waals surface area contributed by atoms with Gasteiger partial charge in [0, 0.05) is 39.4 Å². The maximum atomic E-state index is 12.7. The number of ether oxygens (including phenoxy) is 1. The molecule has 0 saturated heterocycles. The lowest BCUT2D eigenvalue weighted by Gasteiger charge is -2.36. The molecule has 3 aromatic carbocycles. The third-order valence-corrected chi connectivity index (χ3v) is 6.41. The van der Waals surface area contributed by atoms with Crippen LogP contribution in [0.3, 0.4) is 0 Å². The summed E-state index contributed by atoms with van der Waals surface area (Å²) in [5.74, 6) is -0.900. The summed E-state index contributed by atoms with van der Waals surface area (Å²) in [5.41, 5.74) is 5.33. The van der Waals surface area contributed by atoms with Crippen LogP contribution in [-0.4, -0.2) is 51.0 Å². The number of nitrogens with zero attached hydrogens (tertiary/aromatic N) is 2. The van der Waals surface area contributed by atoms with Gasteiger partial charge in [-0.25, -0.2) is 0 Å². The van der Waals surface area contributed by atoms with Crippen LogP contribution in [0.15, 0.2) is 72.8 Å². The van der Waals surface area contributed by atoms with Crippen LogP contribution in [0, 0.1) is 0 Å². The Morgan fingerprint density at radius 2 is 1.63 bits per heavy atom. The Morgan fingerprint density at radius 1 is 0.943 bits per heavy atom. The SMILES string of the molecule is COc1ccccc1NC(=O)C(=O)NC[C@H](c1ccc(N(C)C)cc1)N1CCc2ccccc2C1. The Balaban J connectivity index is 1.49. The predicted molar refractivity (Wildman–Crippen MR) is 139 cm³/mol. The minimum Gasteiger partial charge on any atom is -0.495 e. The summed E-state index contributed by atoms with van der Waals surface area (Å²) in [6.07, 6.45) is 0.949. The van der Waals surface area contributed by atoms with E-state index in [1.54, 1.807) is 24.3 Å². The Hall–Kier alpha value is -3.84. The van der Waals surface area contributed by atoms with Crippen LogP contribution >= 0.6 is 0 Å². The molecule has 0 aliphatic carbocycles. The molecule has 0 spiro atoms. The third kappa shape index (κ3) is 5.81. The zero-order valence-electron chi connectivity index (χ0n) is 20.5. The molecule has 7 heteroatoms. The number of nitrogens with one attached hydrogen (secondary N) is 2. The van der Waals surface area contributed by atoms with Gasteiger partial charge in [0.2, 0.25) is 0 Å². The standard InChI is InChI=1S/C28H32N4O3/c1-31(2)23-14-12-21(13-15-23)25(32-17-16-20-8-4-5-9-22(20)19-32)18-29-27(33)28(34)30-24-10-6-7-11-26(24)35-3/h4-15,25H,16-19H2,1-3H3,(H,29,33)(H,30,34)/t25-/m1/s1. The molecular formula is C28H32N4O3. The van der Waals surface area contributed by atoms with Crippen molar-refractivity contribution in [3.63, 3.8) is 0 Å². The average Bonchev–Trinajstić information content (AvgIpc) is 2.89. The van der Waals surface area contributed by atoms with E-state index in [9.17, 15) is 9.59 Å². The summed E-state index contributed by atoms with van der Waals surface area (Å²) in [6.45, 7) is 1.99. The number of carbonyl (C=O) groups is 2. The average molecular weight is 473 g/mol. The van der Waals surface area contributed by atoms with Crippen LogP contribution in [-0.2, 0) is 22.6 Å². The third-order valence-electron chi connectivity index (χ3n) is 6.41. The summed E-state index contributed by atoms with van der Waals surface area (Å²) < 4.78 is 5.26. The Morgan fingerprint density at radius 3 is 2.34 bits per heavy atom. The van der Waals surface area contributed by atoms with Gasteiger partial charge in [0.1, 0.15) is 5.75 Å². The second-order valence-corrected chi connectivity index (χ2v) is 8.86. The molecule has 0 radical (unpaired) electrons. The van der Waals surface area contributed by atoms with Gasteiger partial charge in [0.05, 0.1) is 18.8 Å². The number of hydrogen-bond acceptors (Lipinski definition) is 5. The van der Waals surface area contributed by atoms with E-state index in [0.717, 1.165) is 30.8 Å². The van der Waals surface area contributed by atoms with Gasteiger partial charge >= 0.3 is 11.8 Å². The van der Waals surface area contributed by atoms with Crippen molar-refractivity contribution in [2.45, 2.75) is 19.0 Å². The molecule has 35 heavy (non-hydrogen) atoms. The van der Waals surface area contributed by atoms with Gasteiger partial charge in [0.15, 0.2) is 0 Å². The highest BCUT2D eigenvalue weighted by Gasteiger charge is 2.26. The Bertz CT molecular complexity index is 1180. The van der Waals surface area contributed by atoms with E-state index in [0.29, 0.717) is 18.0 Å². The van der Waals surface area contributed by atoms with Gasteiger partial charge in [-0.1, -0.05) is 48.5 Å². The highest BCUT2D eigenvalue weighted by Crippen LogP contribution is 2.29. The first-order valence-corrected chi connectivity index (χ1v) is 11.8. The monoisotopic (exact) mass is 472 g/mol. The van der Waals surface area contributed by atoms with E-state index < -0.39 is 11.8 Å². The van der Waals surface area contributed by atoms with Crippen LogP contribution in [0.5, 0.6) is 5.75 Å². The van der Waals surface area contributed by atoms with E-state index in [1.165, 1.54) is 18.2 Å². The van der Waals surface area contributed by atoms with Gasteiger partial charge in [0.25, 0.3) is 0 Å². The van der Waals surface area contributed by atoms with E-state index >= 15 is 0 Å². The fraction of sp³-hybridized carbons (Fsp3) is 0.286. The molecule has 3 aromatic rings. The lowest BCUT2D eigenvalue weighted by Crippen LogP contribution is -2.43. The maximum absolute atomic E-state index is 12.7. The zero-order chi connectivity index (χ0) is 24.8. The molecule has 1 aliphatic rings. The molecule has 7 nitrogen and oxygen atoms in total. The topological polar surface area (TPSA) is 73.9 Å². The van der Waals surface area contributed by atoms with Crippen LogP contribution in [0.25, 0.3) is 0 Å². The molecule has 0 unspecified atom stereocenters. The fourth-order valence-corrected chi connectivity index (χ4v) is 4.43. The Kier molecular flexibility index (Phi) is 7.67. The van der Waals surface area contributed by atoms with Gasteiger partial charge < -0.3 is 20.3 Å². The van der Waals surface area contributed by atoms with E-state index in [4.69, 9.17) is 4.74 Å². The molecular weight excluding hydrogens is 440 g/mol. The first-order chi connectivity index (χ1) is 17.0. The van der Waals surface area contributed by atoms with Crippen molar-refractivity contribution >= 4 is 23.2 Å². The number of fused-ring (bicyclic) bond motifs is 1. The number of rotatable bonds is 7. The molecule has 4 rings (SSSR count). The van der Waals surface area contributed by atoms with Gasteiger partial charge in [-0.3, -0.25) is 14.5 Å². The molecule has 0 aromatic heterocycles. The minimum absolute atomic E-state index is 0.0671. The highest BCUT2D eigenvalue weighted by atomic mass is 16.5. The largest absolute Gasteiger partial charge is 0.495 e. The number of para-hydroxylation sites is 2. The smallest absolute Gasteiger partial charge is 0.313 e.